The highest BCUT2D eigenvalue weighted by Crippen LogP contribution is 2.22. The second-order valence-electron chi connectivity index (χ2n) is 11.0. The Morgan fingerprint density at radius 2 is 1.56 bits per heavy atom. The second kappa shape index (κ2) is 15.7. The Balaban J connectivity index is 1.54. The van der Waals surface area contributed by atoms with E-state index in [1.54, 1.807) is 36.3 Å². The number of sulfonamides is 1. The Morgan fingerprint density at radius 3 is 2.19 bits per heavy atom. The van der Waals surface area contributed by atoms with Gasteiger partial charge in [-0.3, -0.25) is 9.59 Å². The predicted octanol–water partition coefficient (Wildman–Crippen LogP) is 4.97. The Hall–Kier alpha value is -3.69. The molecule has 0 saturated carbocycles. The molecule has 230 valence electrons. The molecule has 1 saturated heterocycles. The number of unbranched alkanes of at least 4 members (excludes halogenated alkanes) is 1. The van der Waals surface area contributed by atoms with E-state index in [1.165, 1.54) is 4.31 Å². The normalized spacial score (nSPS) is 14.3. The summed E-state index contributed by atoms with van der Waals surface area (Å²) in [7, 11) is -1.89. The fourth-order valence-electron chi connectivity index (χ4n) is 5.29. The number of nitrogens with zero attached hydrogens (tertiary/aromatic N) is 2. The van der Waals surface area contributed by atoms with Gasteiger partial charge in [0, 0.05) is 39.0 Å². The van der Waals surface area contributed by atoms with E-state index < -0.39 is 16.1 Å². The number of methoxy groups -OCH3 is 1. The van der Waals surface area contributed by atoms with Crippen LogP contribution in [0.4, 0.5) is 0 Å². The van der Waals surface area contributed by atoms with Gasteiger partial charge in [0.15, 0.2) is 0 Å². The number of rotatable bonds is 15. The van der Waals surface area contributed by atoms with Gasteiger partial charge in [0.25, 0.3) is 0 Å². The minimum absolute atomic E-state index is 0.142. The van der Waals surface area contributed by atoms with Gasteiger partial charge >= 0.3 is 0 Å². The lowest BCUT2D eigenvalue weighted by Crippen LogP contribution is -2.50. The predicted molar refractivity (Wildman–Crippen MR) is 168 cm³/mol. The molecule has 3 aromatic carbocycles. The topological polar surface area (TPSA) is 96.0 Å². The maximum absolute atomic E-state index is 13.9. The van der Waals surface area contributed by atoms with Gasteiger partial charge in [0.05, 0.1) is 12.0 Å². The van der Waals surface area contributed by atoms with Gasteiger partial charge in [-0.1, -0.05) is 67.9 Å². The lowest BCUT2D eigenvalue weighted by atomic mass is 10.0. The Morgan fingerprint density at radius 1 is 0.907 bits per heavy atom. The lowest BCUT2D eigenvalue weighted by molar-refractivity contribution is -0.141. The van der Waals surface area contributed by atoms with Crippen LogP contribution in [0.2, 0.25) is 0 Å². The molecule has 0 spiro atoms. The molecule has 1 aliphatic heterocycles. The van der Waals surface area contributed by atoms with Gasteiger partial charge in [-0.2, -0.15) is 4.31 Å². The van der Waals surface area contributed by atoms with E-state index in [4.69, 9.17) is 4.74 Å². The molecule has 1 aliphatic rings. The molecule has 4 rings (SSSR count). The number of benzene rings is 3. The zero-order valence-electron chi connectivity index (χ0n) is 25.2. The summed E-state index contributed by atoms with van der Waals surface area (Å²) in [5.74, 6) is 0.404. The minimum atomic E-state index is -3.50. The summed E-state index contributed by atoms with van der Waals surface area (Å²) in [4.78, 5) is 29.5. The van der Waals surface area contributed by atoms with Crippen LogP contribution in [-0.4, -0.2) is 62.2 Å². The number of hydrogen-bond donors (Lipinski definition) is 1. The number of nitrogens with one attached hydrogen (secondary N) is 1. The van der Waals surface area contributed by atoms with Crippen LogP contribution in [-0.2, 0) is 39.0 Å². The summed E-state index contributed by atoms with van der Waals surface area (Å²) in [5, 5.41) is 3.05. The molecule has 0 radical (unpaired) electrons. The third-order valence-corrected chi connectivity index (χ3v) is 9.78. The zero-order valence-corrected chi connectivity index (χ0v) is 26.0. The SMILES string of the molecule is CCCCNC(=O)[C@@H](Cc1ccccc1)N(Cc1ccc(OC)cc1)C(=O)CCc1ccc(S(=O)(=O)N2CCCC2)cc1. The van der Waals surface area contributed by atoms with Crippen molar-refractivity contribution in [3.05, 3.63) is 95.6 Å². The maximum Gasteiger partial charge on any atom is 0.243 e. The summed E-state index contributed by atoms with van der Waals surface area (Å²) in [6.07, 6.45) is 4.59. The third-order valence-electron chi connectivity index (χ3n) is 7.87. The van der Waals surface area contributed by atoms with Gasteiger partial charge < -0.3 is 15.0 Å². The molecular weight excluding hydrogens is 562 g/mol. The van der Waals surface area contributed by atoms with Crippen LogP contribution in [0.1, 0.15) is 55.7 Å². The summed E-state index contributed by atoms with van der Waals surface area (Å²) in [5.41, 5.74) is 2.73. The van der Waals surface area contributed by atoms with Crippen molar-refractivity contribution in [1.82, 2.24) is 14.5 Å². The van der Waals surface area contributed by atoms with Crippen LogP contribution in [0.3, 0.4) is 0 Å². The Labute approximate surface area is 256 Å². The van der Waals surface area contributed by atoms with Gasteiger partial charge in [-0.15, -0.1) is 0 Å². The molecule has 8 nitrogen and oxygen atoms in total. The zero-order chi connectivity index (χ0) is 30.7. The molecule has 1 fully saturated rings. The van der Waals surface area contributed by atoms with Gasteiger partial charge in [-0.05, 0) is 66.6 Å². The average Bonchev–Trinajstić information content (AvgIpc) is 3.59. The first-order chi connectivity index (χ1) is 20.8. The van der Waals surface area contributed by atoms with Crippen molar-refractivity contribution in [3.8, 4) is 5.75 Å². The molecule has 3 aromatic rings. The number of amides is 2. The second-order valence-corrected chi connectivity index (χ2v) is 12.9. The Bertz CT molecular complexity index is 1420. The van der Waals surface area contributed by atoms with Crippen LogP contribution >= 0.6 is 0 Å². The lowest BCUT2D eigenvalue weighted by Gasteiger charge is -2.32. The number of carbonyl (C=O) groups excluding carboxylic acids is 2. The van der Waals surface area contributed by atoms with Crippen LogP contribution in [0.5, 0.6) is 5.75 Å². The number of carbonyl (C=O) groups is 2. The highest BCUT2D eigenvalue weighted by atomic mass is 32.2. The fraction of sp³-hybridized carbons (Fsp3) is 0.412. The van der Waals surface area contributed by atoms with Crippen LogP contribution < -0.4 is 10.1 Å². The molecule has 0 aromatic heterocycles. The van der Waals surface area contributed by atoms with Crippen LogP contribution in [0.25, 0.3) is 0 Å². The van der Waals surface area contributed by atoms with Crippen LogP contribution in [0, 0.1) is 0 Å². The van der Waals surface area contributed by atoms with Crippen molar-refractivity contribution < 1.29 is 22.7 Å². The molecule has 1 N–H and O–H groups in total. The first-order valence-electron chi connectivity index (χ1n) is 15.1. The van der Waals surface area contributed by atoms with E-state index in [1.807, 2.05) is 54.6 Å². The largest absolute Gasteiger partial charge is 0.497 e. The maximum atomic E-state index is 13.9. The van der Waals surface area contributed by atoms with Crippen molar-refractivity contribution in [3.63, 3.8) is 0 Å². The van der Waals surface area contributed by atoms with Crippen molar-refractivity contribution in [1.29, 1.82) is 0 Å². The molecule has 2 amide bonds. The smallest absolute Gasteiger partial charge is 0.243 e. The highest BCUT2D eigenvalue weighted by Gasteiger charge is 2.30. The molecule has 0 bridgehead atoms. The number of ether oxygens (including phenoxy) is 1. The van der Waals surface area contributed by atoms with E-state index in [0.29, 0.717) is 32.5 Å². The van der Waals surface area contributed by atoms with Crippen molar-refractivity contribution in [2.75, 3.05) is 26.7 Å². The summed E-state index contributed by atoms with van der Waals surface area (Å²) >= 11 is 0. The quantitative estimate of drug-likeness (QED) is 0.247. The number of aryl methyl sites for hydroxylation is 1. The fourth-order valence-corrected chi connectivity index (χ4v) is 6.81. The first-order valence-corrected chi connectivity index (χ1v) is 16.6. The van der Waals surface area contributed by atoms with E-state index in [0.717, 1.165) is 48.1 Å². The number of hydrogen-bond acceptors (Lipinski definition) is 5. The molecule has 0 aliphatic carbocycles. The average molecular weight is 606 g/mol. The third kappa shape index (κ3) is 8.91. The molecule has 43 heavy (non-hydrogen) atoms. The molecular formula is C34H43N3O5S. The van der Waals surface area contributed by atoms with E-state index >= 15 is 0 Å². The molecule has 0 unspecified atom stereocenters. The van der Waals surface area contributed by atoms with Crippen LogP contribution in [0.15, 0.2) is 83.8 Å². The summed E-state index contributed by atoms with van der Waals surface area (Å²) < 4.78 is 32.7. The monoisotopic (exact) mass is 605 g/mol. The molecule has 1 heterocycles. The minimum Gasteiger partial charge on any atom is -0.497 e. The van der Waals surface area contributed by atoms with E-state index in [2.05, 4.69) is 12.2 Å². The van der Waals surface area contributed by atoms with Gasteiger partial charge in [0.2, 0.25) is 21.8 Å². The van der Waals surface area contributed by atoms with Crippen molar-refractivity contribution >= 4 is 21.8 Å². The van der Waals surface area contributed by atoms with E-state index in [9.17, 15) is 18.0 Å². The highest BCUT2D eigenvalue weighted by molar-refractivity contribution is 7.89. The Kier molecular flexibility index (Phi) is 11.8. The van der Waals surface area contributed by atoms with Crippen molar-refractivity contribution in [2.45, 2.75) is 69.4 Å². The summed E-state index contributed by atoms with van der Waals surface area (Å²) in [6, 6.07) is 23.4. The first kappa shape index (κ1) is 32.2. The molecule has 9 heteroatoms. The molecule has 1 atom stereocenters. The van der Waals surface area contributed by atoms with Crippen molar-refractivity contribution in [2.24, 2.45) is 0 Å². The van der Waals surface area contributed by atoms with Gasteiger partial charge in [0.1, 0.15) is 11.8 Å². The van der Waals surface area contributed by atoms with Gasteiger partial charge in [-0.25, -0.2) is 8.42 Å². The standard InChI is InChI=1S/C34H43N3O5S/c1-3-4-22-35-34(39)32(25-28-10-6-5-7-11-28)37(26-29-12-17-30(42-2)18-13-29)33(38)21-16-27-14-19-31(20-15-27)43(40,41)36-23-8-9-24-36/h5-7,10-15,17-20,32H,3-4,8-9,16,21-26H2,1-2H3,(H,35,39)/t32-/m1/s1. The summed E-state index contributed by atoms with van der Waals surface area (Å²) in [6.45, 7) is 4.01. The van der Waals surface area contributed by atoms with E-state index in [-0.39, 0.29) is 29.7 Å².